The smallest absolute Gasteiger partial charge is 0.0772 e. The molecule has 5 heteroatoms. The average molecular weight is 323 g/mol. The standard InChI is InChI=1S/C14H19BrN4/c1-9(2)19-14(12(15)8-18-19)13(16-4)11-6-5-10(3)17-7-11/h5-9,13,16H,1-4H3. The molecule has 1 atom stereocenters. The van der Waals surface area contributed by atoms with Gasteiger partial charge in [-0.2, -0.15) is 5.10 Å². The monoisotopic (exact) mass is 322 g/mol. The van der Waals surface area contributed by atoms with Gasteiger partial charge >= 0.3 is 0 Å². The van der Waals surface area contributed by atoms with E-state index in [0.717, 1.165) is 21.4 Å². The van der Waals surface area contributed by atoms with Crippen LogP contribution < -0.4 is 5.32 Å². The number of aryl methyl sites for hydroxylation is 1. The summed E-state index contributed by atoms with van der Waals surface area (Å²) in [7, 11) is 1.95. The molecule has 0 aliphatic carbocycles. The van der Waals surface area contributed by atoms with Crippen LogP contribution in [0.1, 0.15) is 42.9 Å². The highest BCUT2D eigenvalue weighted by atomic mass is 79.9. The summed E-state index contributed by atoms with van der Waals surface area (Å²) in [6, 6.07) is 4.53. The Kier molecular flexibility index (Phi) is 4.37. The van der Waals surface area contributed by atoms with Gasteiger partial charge in [0.25, 0.3) is 0 Å². The Labute approximate surface area is 122 Å². The third kappa shape index (κ3) is 2.87. The van der Waals surface area contributed by atoms with E-state index in [1.807, 2.05) is 37.1 Å². The molecule has 2 aromatic heterocycles. The van der Waals surface area contributed by atoms with Crippen LogP contribution in [0.2, 0.25) is 0 Å². The minimum Gasteiger partial charge on any atom is -0.308 e. The molecule has 0 saturated heterocycles. The van der Waals surface area contributed by atoms with Crippen LogP contribution >= 0.6 is 15.9 Å². The van der Waals surface area contributed by atoms with Crippen molar-refractivity contribution in [3.63, 3.8) is 0 Å². The number of pyridine rings is 1. The molecule has 0 fully saturated rings. The Morgan fingerprint density at radius 2 is 2.00 bits per heavy atom. The normalized spacial score (nSPS) is 12.9. The van der Waals surface area contributed by atoms with Crippen molar-refractivity contribution in [3.8, 4) is 0 Å². The van der Waals surface area contributed by atoms with Gasteiger partial charge in [-0.25, -0.2) is 0 Å². The maximum absolute atomic E-state index is 4.44. The summed E-state index contributed by atoms with van der Waals surface area (Å²) >= 11 is 3.59. The van der Waals surface area contributed by atoms with Crippen LogP contribution in [0.4, 0.5) is 0 Å². The largest absolute Gasteiger partial charge is 0.308 e. The first-order chi connectivity index (χ1) is 9.04. The Hall–Kier alpha value is -1.20. The minimum absolute atomic E-state index is 0.0763. The van der Waals surface area contributed by atoms with Gasteiger partial charge in [0.2, 0.25) is 0 Å². The average Bonchev–Trinajstić information content (AvgIpc) is 2.75. The molecule has 19 heavy (non-hydrogen) atoms. The van der Waals surface area contributed by atoms with E-state index in [-0.39, 0.29) is 6.04 Å². The Morgan fingerprint density at radius 3 is 2.53 bits per heavy atom. The second-order valence-electron chi connectivity index (χ2n) is 4.87. The molecule has 2 rings (SSSR count). The molecule has 2 aromatic rings. The van der Waals surface area contributed by atoms with Gasteiger partial charge in [-0.3, -0.25) is 9.67 Å². The topological polar surface area (TPSA) is 42.7 Å². The predicted octanol–water partition coefficient (Wildman–Crippen LogP) is 3.24. The molecule has 4 nitrogen and oxygen atoms in total. The molecule has 1 N–H and O–H groups in total. The fraction of sp³-hybridized carbons (Fsp3) is 0.429. The second kappa shape index (κ2) is 5.84. The first-order valence-electron chi connectivity index (χ1n) is 6.37. The molecule has 0 aromatic carbocycles. The second-order valence-corrected chi connectivity index (χ2v) is 5.73. The van der Waals surface area contributed by atoms with Gasteiger partial charge in [-0.15, -0.1) is 0 Å². The molecular formula is C14H19BrN4. The Bertz CT molecular complexity index is 545. The molecule has 1 unspecified atom stereocenters. The molecule has 102 valence electrons. The molecule has 0 radical (unpaired) electrons. The molecule has 0 bridgehead atoms. The highest BCUT2D eigenvalue weighted by molar-refractivity contribution is 9.10. The zero-order valence-corrected chi connectivity index (χ0v) is 13.3. The lowest BCUT2D eigenvalue weighted by Crippen LogP contribution is -2.23. The lowest BCUT2D eigenvalue weighted by molar-refractivity contribution is 0.483. The van der Waals surface area contributed by atoms with Crippen molar-refractivity contribution in [1.82, 2.24) is 20.1 Å². The van der Waals surface area contributed by atoms with Gasteiger partial charge in [-0.1, -0.05) is 6.07 Å². The highest BCUT2D eigenvalue weighted by Crippen LogP contribution is 2.29. The highest BCUT2D eigenvalue weighted by Gasteiger charge is 2.21. The lowest BCUT2D eigenvalue weighted by atomic mass is 10.1. The van der Waals surface area contributed by atoms with Crippen molar-refractivity contribution in [1.29, 1.82) is 0 Å². The Morgan fingerprint density at radius 1 is 1.26 bits per heavy atom. The number of nitrogens with zero attached hydrogens (tertiary/aromatic N) is 3. The molecule has 0 aliphatic rings. The number of rotatable bonds is 4. The van der Waals surface area contributed by atoms with Crippen LogP contribution in [0.25, 0.3) is 0 Å². The van der Waals surface area contributed by atoms with Gasteiger partial charge in [-0.05, 0) is 55.4 Å². The first-order valence-corrected chi connectivity index (χ1v) is 7.16. The summed E-state index contributed by atoms with van der Waals surface area (Å²) in [4.78, 5) is 4.38. The van der Waals surface area contributed by atoms with Crippen LogP contribution in [0.15, 0.2) is 29.0 Å². The van der Waals surface area contributed by atoms with Crippen molar-refractivity contribution in [2.45, 2.75) is 32.9 Å². The summed E-state index contributed by atoms with van der Waals surface area (Å²) in [5.41, 5.74) is 3.29. The quantitative estimate of drug-likeness (QED) is 0.939. The van der Waals surface area contributed by atoms with Crippen LogP contribution in [-0.2, 0) is 0 Å². The fourth-order valence-corrected chi connectivity index (χ4v) is 2.65. The molecule has 2 heterocycles. The van der Waals surface area contributed by atoms with E-state index in [1.165, 1.54) is 0 Å². The van der Waals surface area contributed by atoms with E-state index >= 15 is 0 Å². The summed E-state index contributed by atoms with van der Waals surface area (Å²) in [6.45, 7) is 6.25. The number of halogens is 1. The number of hydrogen-bond donors (Lipinski definition) is 1. The van der Waals surface area contributed by atoms with Crippen molar-refractivity contribution >= 4 is 15.9 Å². The van der Waals surface area contributed by atoms with Crippen LogP contribution in [0, 0.1) is 6.92 Å². The van der Waals surface area contributed by atoms with Crippen molar-refractivity contribution in [2.24, 2.45) is 0 Å². The van der Waals surface area contributed by atoms with Crippen LogP contribution in [-0.4, -0.2) is 21.8 Å². The SMILES string of the molecule is CNC(c1ccc(C)nc1)c1c(Br)cnn1C(C)C. The molecule has 0 aliphatic heterocycles. The minimum atomic E-state index is 0.0763. The molecular weight excluding hydrogens is 304 g/mol. The molecule has 0 saturated carbocycles. The van der Waals surface area contributed by atoms with Crippen LogP contribution in [0.3, 0.4) is 0 Å². The number of hydrogen-bond acceptors (Lipinski definition) is 3. The first kappa shape index (κ1) is 14.2. The van der Waals surface area contributed by atoms with E-state index in [1.54, 1.807) is 0 Å². The van der Waals surface area contributed by atoms with Gasteiger partial charge in [0.1, 0.15) is 0 Å². The van der Waals surface area contributed by atoms with Crippen molar-refractivity contribution < 1.29 is 0 Å². The fourth-order valence-electron chi connectivity index (χ4n) is 2.14. The van der Waals surface area contributed by atoms with E-state index in [9.17, 15) is 0 Å². The van der Waals surface area contributed by atoms with E-state index < -0.39 is 0 Å². The molecule has 0 spiro atoms. The van der Waals surface area contributed by atoms with Gasteiger partial charge < -0.3 is 5.32 Å². The molecule has 0 amide bonds. The van der Waals surface area contributed by atoms with E-state index in [4.69, 9.17) is 0 Å². The summed E-state index contributed by atoms with van der Waals surface area (Å²) in [5.74, 6) is 0. The summed E-state index contributed by atoms with van der Waals surface area (Å²) in [6.07, 6.45) is 3.77. The van der Waals surface area contributed by atoms with E-state index in [2.05, 4.69) is 51.2 Å². The Balaban J connectivity index is 2.47. The van der Waals surface area contributed by atoms with Gasteiger partial charge in [0.15, 0.2) is 0 Å². The zero-order chi connectivity index (χ0) is 14.0. The van der Waals surface area contributed by atoms with Crippen LogP contribution in [0.5, 0.6) is 0 Å². The lowest BCUT2D eigenvalue weighted by Gasteiger charge is -2.21. The zero-order valence-electron chi connectivity index (χ0n) is 11.7. The van der Waals surface area contributed by atoms with Crippen molar-refractivity contribution in [3.05, 3.63) is 46.0 Å². The maximum Gasteiger partial charge on any atom is 0.0772 e. The maximum atomic E-state index is 4.44. The van der Waals surface area contributed by atoms with Gasteiger partial charge in [0, 0.05) is 17.9 Å². The number of nitrogens with one attached hydrogen (secondary N) is 1. The van der Waals surface area contributed by atoms with E-state index in [0.29, 0.717) is 6.04 Å². The predicted molar refractivity (Wildman–Crippen MR) is 80.2 cm³/mol. The summed E-state index contributed by atoms with van der Waals surface area (Å²) < 4.78 is 3.05. The third-order valence-electron chi connectivity index (χ3n) is 3.11. The number of aromatic nitrogens is 3. The third-order valence-corrected chi connectivity index (χ3v) is 3.72. The summed E-state index contributed by atoms with van der Waals surface area (Å²) in [5, 5.41) is 7.78. The van der Waals surface area contributed by atoms with Crippen molar-refractivity contribution in [2.75, 3.05) is 7.05 Å². The van der Waals surface area contributed by atoms with Gasteiger partial charge in [0.05, 0.1) is 22.4 Å².